The normalized spacial score (nSPS) is 30.0. The van der Waals surface area contributed by atoms with Crippen LogP contribution < -0.4 is 0 Å². The fourth-order valence-electron chi connectivity index (χ4n) is 3.89. The van der Waals surface area contributed by atoms with Crippen molar-refractivity contribution in [2.24, 2.45) is 11.8 Å². The molecule has 5 nitrogen and oxygen atoms in total. The smallest absolute Gasteiger partial charge is 0.320 e. The number of urea groups is 1. The van der Waals surface area contributed by atoms with E-state index in [9.17, 15) is 9.59 Å². The number of carboxylic acid groups (broad SMARTS) is 1. The van der Waals surface area contributed by atoms with Gasteiger partial charge >= 0.3 is 12.0 Å². The summed E-state index contributed by atoms with van der Waals surface area (Å²) in [6.07, 6.45) is 6.77. The molecule has 0 spiro atoms. The van der Waals surface area contributed by atoms with Crippen molar-refractivity contribution in [3.05, 3.63) is 0 Å². The molecule has 1 aliphatic carbocycles. The molecule has 1 saturated carbocycles. The Hall–Kier alpha value is -1.26. The maximum absolute atomic E-state index is 12.7. The Balaban J connectivity index is 1.93. The van der Waals surface area contributed by atoms with Gasteiger partial charge in [-0.1, -0.05) is 19.8 Å². The van der Waals surface area contributed by atoms with Crippen molar-refractivity contribution < 1.29 is 14.7 Å². The third-order valence-electron chi connectivity index (χ3n) is 5.12. The molecule has 21 heavy (non-hydrogen) atoms. The van der Waals surface area contributed by atoms with E-state index in [0.717, 1.165) is 25.8 Å². The number of piperidine rings is 1. The summed E-state index contributed by atoms with van der Waals surface area (Å²) in [5.41, 5.74) is 0. The van der Waals surface area contributed by atoms with Crippen LogP contribution in [0.15, 0.2) is 0 Å². The minimum absolute atomic E-state index is 0.0869. The molecule has 2 fully saturated rings. The fraction of sp³-hybridized carbons (Fsp3) is 0.875. The number of carbonyl (C=O) groups excluding carboxylic acids is 1. The average molecular weight is 296 g/mol. The minimum atomic E-state index is -0.761. The highest BCUT2D eigenvalue weighted by atomic mass is 16.4. The third-order valence-corrected chi connectivity index (χ3v) is 5.12. The number of nitrogens with zero attached hydrogens (tertiary/aromatic N) is 2. The van der Waals surface area contributed by atoms with Crippen LogP contribution in [-0.2, 0) is 4.79 Å². The number of likely N-dealkylation sites (tertiary alicyclic amines) is 1. The van der Waals surface area contributed by atoms with Crippen LogP contribution in [0, 0.1) is 11.8 Å². The molecule has 1 N–H and O–H groups in total. The molecule has 5 heteroatoms. The lowest BCUT2D eigenvalue weighted by atomic mass is 9.85. The van der Waals surface area contributed by atoms with Crippen LogP contribution in [0.1, 0.15) is 51.9 Å². The molecule has 2 aliphatic rings. The summed E-state index contributed by atoms with van der Waals surface area (Å²) in [5, 5.41) is 8.92. The van der Waals surface area contributed by atoms with E-state index in [1.54, 1.807) is 0 Å². The Morgan fingerprint density at radius 2 is 1.90 bits per heavy atom. The van der Waals surface area contributed by atoms with Gasteiger partial charge in [-0.15, -0.1) is 0 Å². The second-order valence-corrected chi connectivity index (χ2v) is 6.77. The second-order valence-electron chi connectivity index (χ2n) is 6.77. The van der Waals surface area contributed by atoms with E-state index in [2.05, 4.69) is 6.92 Å². The summed E-state index contributed by atoms with van der Waals surface area (Å²) < 4.78 is 0. The maximum atomic E-state index is 12.7. The zero-order valence-electron chi connectivity index (χ0n) is 13.3. The average Bonchev–Trinajstić information content (AvgIpc) is 2.46. The Bertz CT molecular complexity index is 386. The first-order valence-electron chi connectivity index (χ1n) is 8.22. The number of rotatable bonds is 3. The number of hydrogen-bond donors (Lipinski definition) is 1. The highest BCUT2D eigenvalue weighted by Gasteiger charge is 2.32. The van der Waals surface area contributed by atoms with Gasteiger partial charge in [-0.3, -0.25) is 4.79 Å². The molecule has 2 rings (SSSR count). The summed E-state index contributed by atoms with van der Waals surface area (Å²) in [4.78, 5) is 27.3. The summed E-state index contributed by atoms with van der Waals surface area (Å²) in [7, 11) is 1.91. The molecule has 1 aliphatic heterocycles. The van der Waals surface area contributed by atoms with E-state index >= 15 is 0 Å². The largest absolute Gasteiger partial charge is 0.481 e. The summed E-state index contributed by atoms with van der Waals surface area (Å²) in [5.74, 6) is -0.0896. The molecule has 0 aromatic rings. The van der Waals surface area contributed by atoms with Gasteiger partial charge in [0.15, 0.2) is 0 Å². The molecular weight excluding hydrogens is 268 g/mol. The lowest BCUT2D eigenvalue weighted by Crippen LogP contribution is -2.51. The number of hydrogen-bond acceptors (Lipinski definition) is 2. The molecular formula is C16H28N2O3. The number of aliphatic carboxylic acids is 1. The van der Waals surface area contributed by atoms with Gasteiger partial charge in [-0.05, 0) is 37.5 Å². The van der Waals surface area contributed by atoms with E-state index in [1.165, 1.54) is 19.3 Å². The number of carbonyl (C=O) groups is 2. The molecule has 1 heterocycles. The molecule has 0 aromatic heterocycles. The van der Waals surface area contributed by atoms with E-state index in [1.807, 2.05) is 16.8 Å². The van der Waals surface area contributed by atoms with Gasteiger partial charge in [0.1, 0.15) is 0 Å². The molecule has 3 atom stereocenters. The fourth-order valence-corrected chi connectivity index (χ4v) is 3.89. The van der Waals surface area contributed by atoms with Crippen molar-refractivity contribution in [1.82, 2.24) is 9.80 Å². The molecule has 2 amide bonds. The van der Waals surface area contributed by atoms with Gasteiger partial charge in [0.25, 0.3) is 0 Å². The summed E-state index contributed by atoms with van der Waals surface area (Å²) in [6, 6.07) is 0.426. The first kappa shape index (κ1) is 16.1. The molecule has 0 aromatic carbocycles. The Kier molecular flexibility index (Phi) is 5.48. The van der Waals surface area contributed by atoms with Gasteiger partial charge in [-0.2, -0.15) is 0 Å². The number of carboxylic acids is 1. The Morgan fingerprint density at radius 3 is 2.57 bits per heavy atom. The second kappa shape index (κ2) is 7.14. The van der Waals surface area contributed by atoms with Crippen molar-refractivity contribution in [2.45, 2.75) is 57.9 Å². The van der Waals surface area contributed by atoms with Gasteiger partial charge < -0.3 is 14.9 Å². The topological polar surface area (TPSA) is 60.9 Å². The van der Waals surface area contributed by atoms with Crippen LogP contribution in [0.2, 0.25) is 0 Å². The first-order valence-corrected chi connectivity index (χ1v) is 8.22. The first-order chi connectivity index (χ1) is 9.99. The van der Waals surface area contributed by atoms with E-state index in [-0.39, 0.29) is 18.4 Å². The molecule has 120 valence electrons. The summed E-state index contributed by atoms with van der Waals surface area (Å²) in [6.45, 7) is 3.59. The SMILES string of the molecule is CC1CCCCC1N(C)C(=O)N1CCCC(CC(=O)O)C1. The lowest BCUT2D eigenvalue weighted by Gasteiger charge is -2.41. The Labute approximate surface area is 127 Å². The van der Waals surface area contributed by atoms with Crippen molar-refractivity contribution in [1.29, 1.82) is 0 Å². The van der Waals surface area contributed by atoms with Crippen LogP contribution in [-0.4, -0.2) is 53.1 Å². The maximum Gasteiger partial charge on any atom is 0.320 e. The summed E-state index contributed by atoms with van der Waals surface area (Å²) >= 11 is 0. The zero-order chi connectivity index (χ0) is 15.4. The monoisotopic (exact) mass is 296 g/mol. The standard InChI is InChI=1S/C16H28N2O3/c1-12-6-3-4-8-14(12)17(2)16(21)18-9-5-7-13(11-18)10-15(19)20/h12-14H,3-11H2,1-2H3,(H,19,20). The van der Waals surface area contributed by atoms with Crippen molar-refractivity contribution in [3.8, 4) is 0 Å². The third kappa shape index (κ3) is 4.11. The van der Waals surface area contributed by atoms with Crippen LogP contribution >= 0.6 is 0 Å². The predicted molar refractivity (Wildman–Crippen MR) is 81.1 cm³/mol. The zero-order valence-corrected chi connectivity index (χ0v) is 13.3. The highest BCUT2D eigenvalue weighted by Crippen LogP contribution is 2.29. The van der Waals surface area contributed by atoms with Gasteiger partial charge in [0.05, 0.1) is 0 Å². The van der Waals surface area contributed by atoms with E-state index in [0.29, 0.717) is 18.5 Å². The lowest BCUT2D eigenvalue weighted by molar-refractivity contribution is -0.138. The quantitative estimate of drug-likeness (QED) is 0.871. The minimum Gasteiger partial charge on any atom is -0.481 e. The van der Waals surface area contributed by atoms with Crippen LogP contribution in [0.3, 0.4) is 0 Å². The molecule has 1 saturated heterocycles. The van der Waals surface area contributed by atoms with Crippen LogP contribution in [0.5, 0.6) is 0 Å². The van der Waals surface area contributed by atoms with Crippen LogP contribution in [0.25, 0.3) is 0 Å². The van der Waals surface area contributed by atoms with Crippen molar-refractivity contribution in [3.63, 3.8) is 0 Å². The van der Waals surface area contributed by atoms with Gasteiger partial charge in [0.2, 0.25) is 0 Å². The highest BCUT2D eigenvalue weighted by molar-refractivity contribution is 5.75. The van der Waals surface area contributed by atoms with E-state index < -0.39 is 5.97 Å². The molecule has 0 bridgehead atoms. The molecule has 0 radical (unpaired) electrons. The van der Waals surface area contributed by atoms with E-state index in [4.69, 9.17) is 5.11 Å². The van der Waals surface area contributed by atoms with Gasteiger partial charge in [0, 0.05) is 32.6 Å². The van der Waals surface area contributed by atoms with Crippen LogP contribution in [0.4, 0.5) is 4.79 Å². The number of amides is 2. The molecule has 3 unspecified atom stereocenters. The predicted octanol–water partition coefficient (Wildman–Crippen LogP) is 2.80. The van der Waals surface area contributed by atoms with Gasteiger partial charge in [-0.25, -0.2) is 4.79 Å². The Morgan fingerprint density at radius 1 is 1.19 bits per heavy atom. The van der Waals surface area contributed by atoms with Crippen molar-refractivity contribution in [2.75, 3.05) is 20.1 Å². The van der Waals surface area contributed by atoms with Crippen molar-refractivity contribution >= 4 is 12.0 Å².